The summed E-state index contributed by atoms with van der Waals surface area (Å²) in [5.41, 5.74) is 0.804. The molecule has 0 aliphatic heterocycles. The summed E-state index contributed by atoms with van der Waals surface area (Å²) in [6, 6.07) is 14.0. The van der Waals surface area contributed by atoms with Crippen molar-refractivity contribution in [1.29, 1.82) is 0 Å². The minimum absolute atomic E-state index is 0.0227. The summed E-state index contributed by atoms with van der Waals surface area (Å²) in [6.07, 6.45) is 0.272. The highest BCUT2D eigenvalue weighted by Gasteiger charge is 2.21. The first kappa shape index (κ1) is 25.3. The molecular formula is C24H23Cl2N3O5. The van der Waals surface area contributed by atoms with Crippen LogP contribution in [0.2, 0.25) is 10.0 Å². The van der Waals surface area contributed by atoms with Crippen molar-refractivity contribution in [2.24, 2.45) is 0 Å². The van der Waals surface area contributed by atoms with E-state index in [2.05, 4.69) is 16.0 Å². The number of rotatable bonds is 10. The number of hydrogen-bond donors (Lipinski definition) is 4. The molecule has 0 saturated heterocycles. The van der Waals surface area contributed by atoms with E-state index >= 15 is 0 Å². The highest BCUT2D eigenvalue weighted by atomic mass is 35.5. The molecule has 10 heteroatoms. The molecule has 4 N–H and O–H groups in total. The Kier molecular flexibility index (Phi) is 8.70. The second kappa shape index (κ2) is 11.7. The van der Waals surface area contributed by atoms with Crippen LogP contribution in [0.25, 0.3) is 11.3 Å². The number of hydrogen-bond acceptors (Lipinski definition) is 5. The molecule has 0 aliphatic carbocycles. The number of nitrogens with one attached hydrogen (secondary N) is 3. The molecule has 1 aromatic heterocycles. The van der Waals surface area contributed by atoms with E-state index in [1.807, 2.05) is 0 Å². The zero-order valence-electron chi connectivity index (χ0n) is 18.2. The van der Waals surface area contributed by atoms with Crippen LogP contribution in [0.5, 0.6) is 0 Å². The van der Waals surface area contributed by atoms with Gasteiger partial charge in [-0.15, -0.1) is 0 Å². The van der Waals surface area contributed by atoms with E-state index in [0.29, 0.717) is 27.1 Å². The first-order valence-corrected chi connectivity index (χ1v) is 11.2. The van der Waals surface area contributed by atoms with Crippen LogP contribution in [-0.4, -0.2) is 35.5 Å². The van der Waals surface area contributed by atoms with Crippen LogP contribution >= 0.6 is 23.2 Å². The average molecular weight is 504 g/mol. The van der Waals surface area contributed by atoms with Crippen LogP contribution in [0.4, 0.5) is 5.69 Å². The maximum atomic E-state index is 13.0. The summed E-state index contributed by atoms with van der Waals surface area (Å²) in [4.78, 5) is 35.6. The van der Waals surface area contributed by atoms with Crippen LogP contribution in [0.15, 0.2) is 59.0 Å². The molecule has 0 saturated carbocycles. The van der Waals surface area contributed by atoms with E-state index in [0.717, 1.165) is 0 Å². The summed E-state index contributed by atoms with van der Waals surface area (Å²) in [5, 5.41) is 18.8. The van der Waals surface area contributed by atoms with Gasteiger partial charge in [-0.3, -0.25) is 14.9 Å². The largest absolute Gasteiger partial charge is 0.478 e. The van der Waals surface area contributed by atoms with Gasteiger partial charge in [0, 0.05) is 24.1 Å². The summed E-state index contributed by atoms with van der Waals surface area (Å²) in [5.74, 6) is -0.733. The van der Waals surface area contributed by atoms with E-state index in [9.17, 15) is 19.5 Å². The maximum absolute atomic E-state index is 13.0. The minimum Gasteiger partial charge on any atom is -0.478 e. The van der Waals surface area contributed by atoms with Gasteiger partial charge in [0.1, 0.15) is 11.5 Å². The van der Waals surface area contributed by atoms with Crippen molar-refractivity contribution in [3.05, 3.63) is 76.0 Å². The van der Waals surface area contributed by atoms with Gasteiger partial charge in [0.25, 0.3) is 0 Å². The highest BCUT2D eigenvalue weighted by molar-refractivity contribution is 6.35. The zero-order valence-corrected chi connectivity index (χ0v) is 19.7. The first-order chi connectivity index (χ1) is 16.2. The van der Waals surface area contributed by atoms with Gasteiger partial charge in [0.05, 0.1) is 28.9 Å². The minimum atomic E-state index is -1.15. The van der Waals surface area contributed by atoms with E-state index in [-0.39, 0.29) is 36.7 Å². The molecule has 1 unspecified atom stereocenters. The van der Waals surface area contributed by atoms with Crippen LogP contribution in [0.3, 0.4) is 0 Å². The number of benzene rings is 2. The Labute approximate surface area is 206 Å². The molecule has 178 valence electrons. The number of carbonyl (C=O) groups is 3. The number of anilines is 1. The van der Waals surface area contributed by atoms with Crippen molar-refractivity contribution in [2.75, 3.05) is 11.9 Å². The van der Waals surface area contributed by atoms with Gasteiger partial charge < -0.3 is 20.2 Å². The second-order valence-corrected chi connectivity index (χ2v) is 8.28. The van der Waals surface area contributed by atoms with Crippen LogP contribution < -0.4 is 16.0 Å². The van der Waals surface area contributed by atoms with Gasteiger partial charge in [-0.2, -0.15) is 0 Å². The fraction of sp³-hybridized carbons (Fsp3) is 0.208. The molecule has 3 rings (SSSR count). The highest BCUT2D eigenvalue weighted by Crippen LogP contribution is 2.31. The molecule has 0 aliphatic rings. The number of amides is 2. The number of carboxylic acid groups (broad SMARTS) is 1. The summed E-state index contributed by atoms with van der Waals surface area (Å²) in [7, 11) is 0. The number of furan rings is 1. The normalized spacial score (nSPS) is 11.6. The molecule has 1 atom stereocenters. The van der Waals surface area contributed by atoms with Crippen LogP contribution in [-0.2, 0) is 16.1 Å². The van der Waals surface area contributed by atoms with Gasteiger partial charge in [-0.25, -0.2) is 4.79 Å². The third-order valence-electron chi connectivity index (χ3n) is 4.92. The van der Waals surface area contributed by atoms with Crippen molar-refractivity contribution in [3.63, 3.8) is 0 Å². The monoisotopic (exact) mass is 503 g/mol. The molecule has 0 spiro atoms. The predicted molar refractivity (Wildman–Crippen MR) is 130 cm³/mol. The van der Waals surface area contributed by atoms with Gasteiger partial charge in [-0.1, -0.05) is 35.3 Å². The topological polar surface area (TPSA) is 121 Å². The third kappa shape index (κ3) is 6.84. The molecular weight excluding hydrogens is 481 g/mol. The van der Waals surface area contributed by atoms with Crippen molar-refractivity contribution in [2.45, 2.75) is 25.9 Å². The van der Waals surface area contributed by atoms with E-state index in [4.69, 9.17) is 27.6 Å². The fourth-order valence-corrected chi connectivity index (χ4v) is 3.63. The Morgan fingerprint density at radius 1 is 1.06 bits per heavy atom. The first-order valence-electron chi connectivity index (χ1n) is 10.4. The van der Waals surface area contributed by atoms with Gasteiger partial charge >= 0.3 is 5.97 Å². The Hall–Kier alpha value is -3.33. The average Bonchev–Trinajstić information content (AvgIpc) is 3.26. The summed E-state index contributed by atoms with van der Waals surface area (Å²) in [6.45, 7) is 1.84. The lowest BCUT2D eigenvalue weighted by molar-refractivity contribution is -0.120. The SMILES string of the molecule is CC(=O)NCCC(NCc1ccc(-c2cc(Cl)ccc2Cl)o1)C(=O)Nc1ccccc1C(=O)O. The number of carboxylic acids is 1. The molecule has 0 bridgehead atoms. The molecule has 2 amide bonds. The molecule has 0 radical (unpaired) electrons. The fourth-order valence-electron chi connectivity index (χ4n) is 3.24. The second-order valence-electron chi connectivity index (χ2n) is 7.44. The Morgan fingerprint density at radius 2 is 1.82 bits per heavy atom. The zero-order chi connectivity index (χ0) is 24.7. The van der Waals surface area contributed by atoms with Crippen molar-refractivity contribution in [3.8, 4) is 11.3 Å². The van der Waals surface area contributed by atoms with E-state index < -0.39 is 17.9 Å². The lowest BCUT2D eigenvalue weighted by Gasteiger charge is -2.19. The van der Waals surface area contributed by atoms with Gasteiger partial charge in [0.2, 0.25) is 11.8 Å². The number of para-hydroxylation sites is 1. The molecule has 1 heterocycles. The van der Waals surface area contributed by atoms with Crippen molar-refractivity contribution >= 4 is 46.7 Å². The molecule has 8 nitrogen and oxygen atoms in total. The molecule has 2 aromatic carbocycles. The maximum Gasteiger partial charge on any atom is 0.337 e. The van der Waals surface area contributed by atoms with Crippen molar-refractivity contribution in [1.82, 2.24) is 10.6 Å². The number of aromatic carboxylic acids is 1. The van der Waals surface area contributed by atoms with E-state index in [1.165, 1.54) is 19.1 Å². The van der Waals surface area contributed by atoms with Crippen LogP contribution in [0.1, 0.15) is 29.5 Å². The van der Waals surface area contributed by atoms with Gasteiger partial charge in [0.15, 0.2) is 0 Å². The smallest absolute Gasteiger partial charge is 0.337 e. The number of halogens is 2. The van der Waals surface area contributed by atoms with Crippen molar-refractivity contribution < 1.29 is 23.9 Å². The van der Waals surface area contributed by atoms with Gasteiger partial charge in [-0.05, 0) is 48.9 Å². The summed E-state index contributed by atoms with van der Waals surface area (Å²) < 4.78 is 5.86. The third-order valence-corrected chi connectivity index (χ3v) is 5.48. The van der Waals surface area contributed by atoms with E-state index in [1.54, 1.807) is 42.5 Å². The Balaban J connectivity index is 1.72. The number of carbonyl (C=O) groups excluding carboxylic acids is 2. The Morgan fingerprint density at radius 3 is 2.56 bits per heavy atom. The predicted octanol–water partition coefficient (Wildman–Crippen LogP) is 4.57. The quantitative estimate of drug-likeness (QED) is 0.321. The lowest BCUT2D eigenvalue weighted by Crippen LogP contribution is -2.42. The summed E-state index contributed by atoms with van der Waals surface area (Å²) >= 11 is 12.3. The lowest BCUT2D eigenvalue weighted by atomic mass is 10.1. The Bertz CT molecular complexity index is 1190. The van der Waals surface area contributed by atoms with Crippen LogP contribution in [0, 0.1) is 0 Å². The standard InChI is InChI=1S/C24H23Cl2N3O5/c1-14(30)27-11-10-21(23(31)29-20-5-3-2-4-17(20)24(32)33)28-13-16-7-9-22(34-16)18-12-15(25)6-8-19(18)26/h2-9,12,21,28H,10-11,13H2,1H3,(H,27,30)(H,29,31)(H,32,33). The molecule has 3 aromatic rings. The molecule has 0 fully saturated rings. The molecule has 34 heavy (non-hydrogen) atoms.